The molecule has 2 fully saturated rings. The van der Waals surface area contributed by atoms with E-state index in [2.05, 4.69) is 15.2 Å². The van der Waals surface area contributed by atoms with E-state index < -0.39 is 0 Å². The van der Waals surface area contributed by atoms with Gasteiger partial charge in [0.15, 0.2) is 5.13 Å². The number of piperazine rings is 1. The molecule has 2 aliphatic rings. The molecule has 1 atom stereocenters. The summed E-state index contributed by atoms with van der Waals surface area (Å²) in [6.45, 7) is 8.17. The number of amides is 1. The maximum atomic E-state index is 12.7. The number of anilines is 1. The third-order valence-electron chi connectivity index (χ3n) is 5.45. The first-order valence-corrected chi connectivity index (χ1v) is 10.9. The second-order valence-electron chi connectivity index (χ2n) is 7.13. The van der Waals surface area contributed by atoms with Crippen LogP contribution in [0.1, 0.15) is 6.92 Å². The molecule has 2 aliphatic heterocycles. The Balaban J connectivity index is 1.35. The molecular formula is C20H25ClN4O2S. The summed E-state index contributed by atoms with van der Waals surface area (Å²) >= 11 is 7.95. The molecule has 0 bridgehead atoms. The number of hydrogen-bond acceptors (Lipinski definition) is 6. The zero-order valence-electron chi connectivity index (χ0n) is 16.0. The van der Waals surface area contributed by atoms with Gasteiger partial charge in [0.05, 0.1) is 24.9 Å². The fraction of sp³-hybridized carbons (Fsp3) is 0.500. The molecule has 1 aromatic heterocycles. The molecule has 1 amide bonds. The summed E-state index contributed by atoms with van der Waals surface area (Å²) < 4.78 is 5.35. The van der Waals surface area contributed by atoms with Crippen molar-refractivity contribution in [2.24, 2.45) is 0 Å². The monoisotopic (exact) mass is 420 g/mol. The highest BCUT2D eigenvalue weighted by atomic mass is 35.5. The zero-order valence-corrected chi connectivity index (χ0v) is 17.6. The highest BCUT2D eigenvalue weighted by Gasteiger charge is 2.30. The van der Waals surface area contributed by atoms with E-state index in [1.54, 1.807) is 11.3 Å². The normalized spacial score (nSPS) is 19.6. The van der Waals surface area contributed by atoms with E-state index in [0.717, 1.165) is 47.6 Å². The number of morpholine rings is 1. The van der Waals surface area contributed by atoms with Crippen molar-refractivity contribution in [1.82, 2.24) is 14.8 Å². The molecular weight excluding hydrogens is 396 g/mol. The fourth-order valence-electron chi connectivity index (χ4n) is 3.71. The molecule has 0 spiro atoms. The molecule has 0 saturated carbocycles. The van der Waals surface area contributed by atoms with Gasteiger partial charge < -0.3 is 14.5 Å². The van der Waals surface area contributed by atoms with E-state index in [4.69, 9.17) is 21.3 Å². The van der Waals surface area contributed by atoms with E-state index in [1.165, 1.54) is 0 Å². The number of nitrogens with zero attached hydrogens (tertiary/aromatic N) is 4. The Hall–Kier alpha value is -1.67. The standard InChI is InChI=1S/C20H25ClN4O2S/c1-15(19(26)24-10-12-27-13-11-24)23-6-8-25(9-7-23)20-22-18(14-28-20)16-4-2-3-5-17(16)21/h2-5,14-15H,6-13H2,1H3. The molecule has 2 aromatic rings. The molecule has 0 radical (unpaired) electrons. The topological polar surface area (TPSA) is 48.9 Å². The molecule has 8 heteroatoms. The van der Waals surface area contributed by atoms with Crippen LogP contribution in [0.4, 0.5) is 5.13 Å². The number of halogens is 1. The van der Waals surface area contributed by atoms with Crippen LogP contribution in [0, 0.1) is 0 Å². The first-order chi connectivity index (χ1) is 13.6. The molecule has 6 nitrogen and oxygen atoms in total. The Kier molecular flexibility index (Phi) is 6.16. The molecule has 0 N–H and O–H groups in total. The Morgan fingerprint density at radius 3 is 2.57 bits per heavy atom. The van der Waals surface area contributed by atoms with E-state index >= 15 is 0 Å². The summed E-state index contributed by atoms with van der Waals surface area (Å²) in [5, 5.41) is 3.80. The molecule has 3 heterocycles. The highest BCUT2D eigenvalue weighted by Crippen LogP contribution is 2.32. The van der Waals surface area contributed by atoms with E-state index in [-0.39, 0.29) is 11.9 Å². The summed E-state index contributed by atoms with van der Waals surface area (Å²) in [6, 6.07) is 7.71. The fourth-order valence-corrected chi connectivity index (χ4v) is 4.82. The van der Waals surface area contributed by atoms with Crippen molar-refractivity contribution >= 4 is 34.0 Å². The Morgan fingerprint density at radius 1 is 1.14 bits per heavy atom. The molecule has 0 aliphatic carbocycles. The van der Waals surface area contributed by atoms with Crippen LogP contribution >= 0.6 is 22.9 Å². The maximum absolute atomic E-state index is 12.7. The average molecular weight is 421 g/mol. The van der Waals surface area contributed by atoms with Crippen molar-refractivity contribution in [3.63, 3.8) is 0 Å². The first-order valence-electron chi connectivity index (χ1n) is 9.69. The van der Waals surface area contributed by atoms with Gasteiger partial charge in [0.25, 0.3) is 0 Å². The van der Waals surface area contributed by atoms with Crippen LogP contribution in [0.25, 0.3) is 11.3 Å². The van der Waals surface area contributed by atoms with Gasteiger partial charge in [0, 0.05) is 55.2 Å². The number of thiazole rings is 1. The summed E-state index contributed by atoms with van der Waals surface area (Å²) in [7, 11) is 0. The smallest absolute Gasteiger partial charge is 0.239 e. The molecule has 2 saturated heterocycles. The number of ether oxygens (including phenoxy) is 1. The SMILES string of the molecule is CC(C(=O)N1CCOCC1)N1CCN(c2nc(-c3ccccc3Cl)cs2)CC1. The van der Waals surface area contributed by atoms with Gasteiger partial charge in [-0.3, -0.25) is 9.69 Å². The number of aromatic nitrogens is 1. The van der Waals surface area contributed by atoms with E-state index in [0.29, 0.717) is 26.3 Å². The molecule has 28 heavy (non-hydrogen) atoms. The lowest BCUT2D eigenvalue weighted by Crippen LogP contribution is -2.56. The molecule has 1 unspecified atom stereocenters. The van der Waals surface area contributed by atoms with Crippen molar-refractivity contribution in [3.8, 4) is 11.3 Å². The Morgan fingerprint density at radius 2 is 1.86 bits per heavy atom. The zero-order chi connectivity index (χ0) is 19.5. The number of benzene rings is 1. The second kappa shape index (κ2) is 8.78. The largest absolute Gasteiger partial charge is 0.378 e. The molecule has 150 valence electrons. The predicted octanol–water partition coefficient (Wildman–Crippen LogP) is 2.83. The third kappa shape index (κ3) is 4.17. The number of carbonyl (C=O) groups is 1. The molecule has 1 aromatic carbocycles. The summed E-state index contributed by atoms with van der Waals surface area (Å²) in [4.78, 5) is 24.0. The highest BCUT2D eigenvalue weighted by molar-refractivity contribution is 7.14. The van der Waals surface area contributed by atoms with Crippen LogP contribution in [-0.4, -0.2) is 79.2 Å². The first kappa shape index (κ1) is 19.6. The van der Waals surface area contributed by atoms with Crippen LogP contribution < -0.4 is 4.90 Å². The van der Waals surface area contributed by atoms with Crippen molar-refractivity contribution in [3.05, 3.63) is 34.7 Å². The summed E-state index contributed by atoms with van der Waals surface area (Å²) in [5.41, 5.74) is 1.89. The predicted molar refractivity (Wildman–Crippen MR) is 113 cm³/mol. The number of carbonyl (C=O) groups excluding carboxylic acids is 1. The van der Waals surface area contributed by atoms with Gasteiger partial charge in [-0.15, -0.1) is 11.3 Å². The van der Waals surface area contributed by atoms with E-state index in [9.17, 15) is 4.79 Å². The van der Waals surface area contributed by atoms with Crippen molar-refractivity contribution in [2.45, 2.75) is 13.0 Å². The van der Waals surface area contributed by atoms with Crippen molar-refractivity contribution in [1.29, 1.82) is 0 Å². The average Bonchev–Trinajstić information content (AvgIpc) is 3.24. The van der Waals surface area contributed by atoms with Gasteiger partial charge in [-0.05, 0) is 13.0 Å². The number of hydrogen-bond donors (Lipinski definition) is 0. The van der Waals surface area contributed by atoms with Crippen LogP contribution in [0.5, 0.6) is 0 Å². The lowest BCUT2D eigenvalue weighted by Gasteiger charge is -2.39. The van der Waals surface area contributed by atoms with Gasteiger partial charge in [0.1, 0.15) is 0 Å². The minimum absolute atomic E-state index is 0.0877. The van der Waals surface area contributed by atoms with Gasteiger partial charge in [-0.25, -0.2) is 4.98 Å². The van der Waals surface area contributed by atoms with Gasteiger partial charge in [-0.1, -0.05) is 29.8 Å². The van der Waals surface area contributed by atoms with Crippen molar-refractivity contribution in [2.75, 3.05) is 57.4 Å². The number of rotatable bonds is 4. The van der Waals surface area contributed by atoms with Gasteiger partial charge in [-0.2, -0.15) is 0 Å². The minimum Gasteiger partial charge on any atom is -0.378 e. The summed E-state index contributed by atoms with van der Waals surface area (Å²) in [6.07, 6.45) is 0. The Bertz CT molecular complexity index is 816. The summed E-state index contributed by atoms with van der Waals surface area (Å²) in [5.74, 6) is 0.215. The quantitative estimate of drug-likeness (QED) is 0.761. The second-order valence-corrected chi connectivity index (χ2v) is 8.38. The van der Waals surface area contributed by atoms with Gasteiger partial charge in [0.2, 0.25) is 5.91 Å². The lowest BCUT2D eigenvalue weighted by atomic mass is 10.2. The van der Waals surface area contributed by atoms with Crippen LogP contribution in [0.15, 0.2) is 29.6 Å². The third-order valence-corrected chi connectivity index (χ3v) is 6.69. The lowest BCUT2D eigenvalue weighted by molar-refractivity contribution is -0.140. The van der Waals surface area contributed by atoms with Crippen LogP contribution in [-0.2, 0) is 9.53 Å². The minimum atomic E-state index is -0.0877. The Labute approximate surface area is 174 Å². The van der Waals surface area contributed by atoms with Crippen molar-refractivity contribution < 1.29 is 9.53 Å². The van der Waals surface area contributed by atoms with Crippen LogP contribution in [0.2, 0.25) is 5.02 Å². The van der Waals surface area contributed by atoms with E-state index in [1.807, 2.05) is 36.1 Å². The molecule has 4 rings (SSSR count). The maximum Gasteiger partial charge on any atom is 0.239 e. The van der Waals surface area contributed by atoms with Gasteiger partial charge >= 0.3 is 0 Å². The van der Waals surface area contributed by atoms with Crippen LogP contribution in [0.3, 0.4) is 0 Å².